The monoisotopic (exact) mass is 388 g/mol. The van der Waals surface area contributed by atoms with Gasteiger partial charge in [-0.05, 0) is 25.0 Å². The minimum absolute atomic E-state index is 0.0116. The zero-order valence-electron chi connectivity index (χ0n) is 14.5. The Morgan fingerprint density at radius 1 is 1.35 bits per heavy atom. The number of carbonyl (C=O) groups is 1. The average Bonchev–Trinajstić information content (AvgIpc) is 2.57. The van der Waals surface area contributed by atoms with E-state index in [1.807, 2.05) is 4.90 Å². The van der Waals surface area contributed by atoms with Gasteiger partial charge in [-0.2, -0.15) is 0 Å². The van der Waals surface area contributed by atoms with Crippen molar-refractivity contribution in [1.82, 2.24) is 10.6 Å². The van der Waals surface area contributed by atoms with Crippen LogP contribution in [0.3, 0.4) is 0 Å². The minimum Gasteiger partial charge on any atom is -0.379 e. The molecule has 2 rings (SSSR count). The van der Waals surface area contributed by atoms with E-state index in [9.17, 15) is 17.6 Å². The number of primary sulfonamides is 1. The smallest absolute Gasteiger partial charge is 0.315 e. The summed E-state index contributed by atoms with van der Waals surface area (Å²) >= 11 is 0. The largest absolute Gasteiger partial charge is 0.379 e. The first-order chi connectivity index (χ1) is 12.3. The minimum atomic E-state index is -3.53. The molecule has 1 saturated heterocycles. The molecule has 1 unspecified atom stereocenters. The van der Waals surface area contributed by atoms with Gasteiger partial charge in [-0.15, -0.1) is 0 Å². The van der Waals surface area contributed by atoms with Crippen LogP contribution >= 0.6 is 0 Å². The third kappa shape index (κ3) is 7.14. The van der Waals surface area contributed by atoms with Crippen molar-refractivity contribution in [2.75, 3.05) is 43.5 Å². The Hall–Kier alpha value is -1.91. The fourth-order valence-electron chi connectivity index (χ4n) is 2.77. The molecular formula is C16H25FN4O4S. The van der Waals surface area contributed by atoms with Crippen LogP contribution in [-0.4, -0.2) is 59.1 Å². The normalized spacial score (nSPS) is 17.8. The number of sulfonamides is 1. The predicted octanol–water partition coefficient (Wildman–Crippen LogP) is 0.399. The molecule has 0 aromatic heterocycles. The molecular weight excluding hydrogens is 363 g/mol. The number of benzene rings is 1. The third-order valence-corrected chi connectivity index (χ3v) is 4.73. The van der Waals surface area contributed by atoms with Crippen molar-refractivity contribution in [3.8, 4) is 0 Å². The van der Waals surface area contributed by atoms with Crippen LogP contribution in [-0.2, 0) is 14.8 Å². The molecule has 2 amide bonds. The lowest BCUT2D eigenvalue weighted by Crippen LogP contribution is -2.51. The number of rotatable bonds is 8. The highest BCUT2D eigenvalue weighted by Gasteiger charge is 2.23. The summed E-state index contributed by atoms with van der Waals surface area (Å²) < 4.78 is 40.5. The molecule has 1 aromatic rings. The van der Waals surface area contributed by atoms with E-state index in [1.165, 1.54) is 6.07 Å². The second-order valence-electron chi connectivity index (χ2n) is 6.12. The second kappa shape index (κ2) is 9.70. The molecule has 26 heavy (non-hydrogen) atoms. The maximum atomic E-state index is 13.9. The Balaban J connectivity index is 1.68. The van der Waals surface area contributed by atoms with Gasteiger partial charge in [0, 0.05) is 25.7 Å². The van der Waals surface area contributed by atoms with Gasteiger partial charge in [-0.1, -0.05) is 12.1 Å². The zero-order chi connectivity index (χ0) is 19.0. The van der Waals surface area contributed by atoms with Gasteiger partial charge in [0.15, 0.2) is 0 Å². The summed E-state index contributed by atoms with van der Waals surface area (Å²) in [6.45, 7) is 1.72. The summed E-state index contributed by atoms with van der Waals surface area (Å²) in [5.41, 5.74) is 0.544. The first-order valence-corrected chi connectivity index (χ1v) is 10.2. The van der Waals surface area contributed by atoms with Gasteiger partial charge < -0.3 is 20.3 Å². The molecule has 1 fully saturated rings. The van der Waals surface area contributed by atoms with Gasteiger partial charge in [-0.3, -0.25) is 0 Å². The predicted molar refractivity (Wildman–Crippen MR) is 97.0 cm³/mol. The molecule has 1 aliphatic heterocycles. The van der Waals surface area contributed by atoms with Crippen molar-refractivity contribution in [3.63, 3.8) is 0 Å². The molecule has 146 valence electrons. The maximum absolute atomic E-state index is 13.9. The summed E-state index contributed by atoms with van der Waals surface area (Å²) in [5.74, 6) is -0.526. The number of halogens is 1. The molecule has 1 heterocycles. The van der Waals surface area contributed by atoms with E-state index in [0.29, 0.717) is 12.2 Å². The van der Waals surface area contributed by atoms with Gasteiger partial charge in [0.25, 0.3) is 0 Å². The van der Waals surface area contributed by atoms with Crippen LogP contribution in [0, 0.1) is 5.82 Å². The van der Waals surface area contributed by atoms with Crippen LogP contribution in [0.4, 0.5) is 14.9 Å². The molecule has 8 nitrogen and oxygen atoms in total. The van der Waals surface area contributed by atoms with Crippen molar-refractivity contribution in [3.05, 3.63) is 30.1 Å². The van der Waals surface area contributed by atoms with E-state index in [1.54, 1.807) is 18.2 Å². The van der Waals surface area contributed by atoms with Crippen molar-refractivity contribution >= 4 is 21.7 Å². The van der Waals surface area contributed by atoms with Crippen molar-refractivity contribution in [2.24, 2.45) is 5.14 Å². The molecule has 4 N–H and O–H groups in total. The summed E-state index contributed by atoms with van der Waals surface area (Å²) in [5, 5.41) is 10.4. The third-order valence-electron chi connectivity index (χ3n) is 3.99. The van der Waals surface area contributed by atoms with E-state index in [4.69, 9.17) is 9.88 Å². The number of hydrogen-bond acceptors (Lipinski definition) is 5. The first-order valence-electron chi connectivity index (χ1n) is 8.47. The molecule has 0 aliphatic carbocycles. The number of nitrogens with one attached hydrogen (secondary N) is 2. The van der Waals surface area contributed by atoms with Gasteiger partial charge in [0.1, 0.15) is 5.82 Å². The lowest BCUT2D eigenvalue weighted by atomic mass is 10.0. The SMILES string of the molecule is NS(=O)(=O)CCOCCNC(=O)NC1CCCN(c2ccccc2F)C1. The lowest BCUT2D eigenvalue weighted by molar-refractivity contribution is 0.150. The number of nitrogens with zero attached hydrogens (tertiary/aromatic N) is 1. The Morgan fingerprint density at radius 3 is 2.85 bits per heavy atom. The number of hydrogen-bond donors (Lipinski definition) is 3. The standard InChI is InChI=1S/C16H25FN4O4S/c17-14-5-1-2-6-15(14)21-8-3-4-13(12-21)20-16(22)19-7-9-25-10-11-26(18,23)24/h1-2,5-6,13H,3-4,7-12H2,(H2,18,23,24)(H2,19,20,22). The summed E-state index contributed by atoms with van der Waals surface area (Å²) in [6, 6.07) is 6.19. The topological polar surface area (TPSA) is 114 Å². The number of ether oxygens (including phenoxy) is 1. The maximum Gasteiger partial charge on any atom is 0.315 e. The number of amides is 2. The summed E-state index contributed by atoms with van der Waals surface area (Å²) in [6.07, 6.45) is 1.68. The number of nitrogens with two attached hydrogens (primary N) is 1. The van der Waals surface area contributed by atoms with Crippen LogP contribution in [0.5, 0.6) is 0 Å². The quantitative estimate of drug-likeness (QED) is 0.558. The Morgan fingerprint density at radius 2 is 2.12 bits per heavy atom. The van der Waals surface area contributed by atoms with E-state index in [-0.39, 0.29) is 43.4 Å². The molecule has 0 spiro atoms. The Bertz CT molecular complexity index is 701. The molecule has 1 atom stereocenters. The summed E-state index contributed by atoms with van der Waals surface area (Å²) in [4.78, 5) is 13.9. The fraction of sp³-hybridized carbons (Fsp3) is 0.562. The lowest BCUT2D eigenvalue weighted by Gasteiger charge is -2.34. The van der Waals surface area contributed by atoms with Crippen molar-refractivity contribution in [2.45, 2.75) is 18.9 Å². The van der Waals surface area contributed by atoms with Gasteiger partial charge in [0.2, 0.25) is 10.0 Å². The number of piperidine rings is 1. The molecule has 1 aliphatic rings. The van der Waals surface area contributed by atoms with E-state index in [0.717, 1.165) is 19.4 Å². The highest BCUT2D eigenvalue weighted by molar-refractivity contribution is 7.89. The molecule has 0 radical (unpaired) electrons. The number of carbonyl (C=O) groups excluding carboxylic acids is 1. The van der Waals surface area contributed by atoms with Crippen LogP contribution in [0.15, 0.2) is 24.3 Å². The molecule has 1 aromatic carbocycles. The van der Waals surface area contributed by atoms with Crippen LogP contribution < -0.4 is 20.7 Å². The number of anilines is 1. The van der Waals surface area contributed by atoms with Gasteiger partial charge in [0.05, 0.1) is 24.7 Å². The van der Waals surface area contributed by atoms with E-state index in [2.05, 4.69) is 10.6 Å². The summed E-state index contributed by atoms with van der Waals surface area (Å²) in [7, 11) is -3.53. The van der Waals surface area contributed by atoms with Crippen LogP contribution in [0.1, 0.15) is 12.8 Å². The van der Waals surface area contributed by atoms with Crippen LogP contribution in [0.2, 0.25) is 0 Å². The van der Waals surface area contributed by atoms with Crippen molar-refractivity contribution < 1.29 is 22.3 Å². The second-order valence-corrected chi connectivity index (χ2v) is 7.85. The molecule has 10 heteroatoms. The fourth-order valence-corrected chi connectivity index (χ4v) is 3.12. The first kappa shape index (κ1) is 20.4. The van der Waals surface area contributed by atoms with Crippen LogP contribution in [0.25, 0.3) is 0 Å². The number of para-hydroxylation sites is 1. The van der Waals surface area contributed by atoms with E-state index < -0.39 is 10.0 Å². The van der Waals surface area contributed by atoms with Crippen molar-refractivity contribution in [1.29, 1.82) is 0 Å². The Labute approximate surface area is 152 Å². The Kier molecular flexibility index (Phi) is 7.61. The zero-order valence-corrected chi connectivity index (χ0v) is 15.3. The molecule has 0 bridgehead atoms. The highest BCUT2D eigenvalue weighted by atomic mass is 32.2. The number of urea groups is 1. The average molecular weight is 388 g/mol. The van der Waals surface area contributed by atoms with Gasteiger partial charge >= 0.3 is 6.03 Å². The van der Waals surface area contributed by atoms with E-state index >= 15 is 0 Å². The highest BCUT2D eigenvalue weighted by Crippen LogP contribution is 2.22. The molecule has 0 saturated carbocycles. The van der Waals surface area contributed by atoms with Gasteiger partial charge in [-0.25, -0.2) is 22.7 Å².